The lowest BCUT2D eigenvalue weighted by molar-refractivity contribution is 0.158. The van der Waals surface area contributed by atoms with E-state index in [0.717, 1.165) is 11.6 Å². The average Bonchev–Trinajstić information content (AvgIpc) is 2.47. The van der Waals surface area contributed by atoms with Crippen LogP contribution in [0.15, 0.2) is 59.5 Å². The normalized spacial score (nSPS) is 14.5. The predicted molar refractivity (Wildman–Crippen MR) is 82.2 cm³/mol. The minimum atomic E-state index is -3.81. The highest BCUT2D eigenvalue weighted by atomic mass is 32.2. The molecule has 22 heavy (non-hydrogen) atoms. The number of aliphatic hydroxyl groups is 1. The molecule has 0 aromatic heterocycles. The summed E-state index contributed by atoms with van der Waals surface area (Å²) in [5.41, 5.74) is 0.722. The lowest BCUT2D eigenvalue weighted by Crippen LogP contribution is -2.33. The monoisotopic (exact) mass is 323 g/mol. The highest BCUT2D eigenvalue weighted by molar-refractivity contribution is 7.89. The van der Waals surface area contributed by atoms with Crippen molar-refractivity contribution in [2.45, 2.75) is 30.4 Å². The smallest absolute Gasteiger partial charge is 0.240 e. The van der Waals surface area contributed by atoms with Crippen molar-refractivity contribution in [1.82, 2.24) is 4.72 Å². The second-order valence-corrected chi connectivity index (χ2v) is 6.86. The largest absolute Gasteiger partial charge is 0.388 e. The number of aliphatic hydroxyl groups excluding tert-OH is 1. The summed E-state index contributed by atoms with van der Waals surface area (Å²) in [6, 6.07) is 13.3. The van der Waals surface area contributed by atoms with Crippen LogP contribution in [0, 0.1) is 5.82 Å². The van der Waals surface area contributed by atoms with E-state index in [1.54, 1.807) is 31.2 Å². The quantitative estimate of drug-likeness (QED) is 0.859. The van der Waals surface area contributed by atoms with E-state index in [2.05, 4.69) is 4.72 Å². The van der Waals surface area contributed by atoms with E-state index in [4.69, 9.17) is 0 Å². The maximum absolute atomic E-state index is 13.1. The van der Waals surface area contributed by atoms with Crippen LogP contribution < -0.4 is 4.72 Å². The zero-order valence-corrected chi connectivity index (χ0v) is 12.9. The van der Waals surface area contributed by atoms with Crippen LogP contribution in [0.4, 0.5) is 4.39 Å². The number of rotatable bonds is 6. The molecule has 0 saturated carbocycles. The Kier molecular flexibility index (Phi) is 5.28. The van der Waals surface area contributed by atoms with E-state index < -0.39 is 28.0 Å². The molecule has 6 heteroatoms. The summed E-state index contributed by atoms with van der Waals surface area (Å²) in [7, 11) is -3.81. The number of hydrogen-bond donors (Lipinski definition) is 2. The fraction of sp³-hybridized carbons (Fsp3) is 0.250. The van der Waals surface area contributed by atoms with Crippen LogP contribution in [0.3, 0.4) is 0 Å². The van der Waals surface area contributed by atoms with Crippen LogP contribution in [0.1, 0.15) is 25.0 Å². The van der Waals surface area contributed by atoms with Gasteiger partial charge in [0.15, 0.2) is 0 Å². The van der Waals surface area contributed by atoms with E-state index in [1.807, 2.05) is 6.07 Å². The zero-order chi connectivity index (χ0) is 16.2. The molecule has 0 amide bonds. The van der Waals surface area contributed by atoms with Crippen molar-refractivity contribution in [1.29, 1.82) is 0 Å². The van der Waals surface area contributed by atoms with Gasteiger partial charge in [-0.1, -0.05) is 36.4 Å². The summed E-state index contributed by atoms with van der Waals surface area (Å²) < 4.78 is 39.9. The summed E-state index contributed by atoms with van der Waals surface area (Å²) >= 11 is 0. The van der Waals surface area contributed by atoms with Gasteiger partial charge >= 0.3 is 0 Å². The number of sulfonamides is 1. The molecule has 0 spiro atoms. The maximum atomic E-state index is 13.1. The number of benzene rings is 2. The maximum Gasteiger partial charge on any atom is 0.240 e. The lowest BCUT2D eigenvalue weighted by Gasteiger charge is -2.18. The van der Waals surface area contributed by atoms with E-state index >= 15 is 0 Å². The molecular formula is C16H18FNO3S. The van der Waals surface area contributed by atoms with Crippen LogP contribution in [0.2, 0.25) is 0 Å². The molecule has 0 bridgehead atoms. The highest BCUT2D eigenvalue weighted by Crippen LogP contribution is 2.19. The predicted octanol–water partition coefficient (Wildman–Crippen LogP) is 2.62. The molecule has 0 heterocycles. The van der Waals surface area contributed by atoms with Crippen molar-refractivity contribution in [2.24, 2.45) is 0 Å². The standard InChI is InChI=1S/C16H18FNO3S/c1-12(10-16(19)13-6-3-2-4-7-13)18-22(20,21)15-9-5-8-14(17)11-15/h2-9,11-12,16,18-19H,10H2,1H3. The molecule has 0 radical (unpaired) electrons. The van der Waals surface area contributed by atoms with E-state index in [1.165, 1.54) is 18.2 Å². The molecule has 2 rings (SSSR count). The Bertz CT molecular complexity index is 719. The Morgan fingerprint density at radius 1 is 1.14 bits per heavy atom. The summed E-state index contributed by atoms with van der Waals surface area (Å²) in [6.07, 6.45) is -0.551. The van der Waals surface area contributed by atoms with Crippen LogP contribution in [-0.2, 0) is 10.0 Å². The molecule has 0 aliphatic carbocycles. The molecule has 4 nitrogen and oxygen atoms in total. The van der Waals surface area contributed by atoms with Gasteiger partial charge in [0, 0.05) is 6.04 Å². The van der Waals surface area contributed by atoms with Gasteiger partial charge in [0.25, 0.3) is 0 Å². The second-order valence-electron chi connectivity index (χ2n) is 5.14. The third kappa shape index (κ3) is 4.37. The van der Waals surface area contributed by atoms with Gasteiger partial charge in [0.1, 0.15) is 5.82 Å². The van der Waals surface area contributed by atoms with Gasteiger partial charge in [-0.3, -0.25) is 0 Å². The van der Waals surface area contributed by atoms with Gasteiger partial charge < -0.3 is 5.11 Å². The van der Waals surface area contributed by atoms with Crippen molar-refractivity contribution in [3.05, 3.63) is 66.0 Å². The molecule has 0 fully saturated rings. The molecule has 0 aliphatic heterocycles. The van der Waals surface area contributed by atoms with Crippen molar-refractivity contribution in [3.63, 3.8) is 0 Å². The van der Waals surface area contributed by atoms with Gasteiger partial charge in [-0.2, -0.15) is 0 Å². The first-order valence-corrected chi connectivity index (χ1v) is 8.38. The molecule has 2 unspecified atom stereocenters. The zero-order valence-electron chi connectivity index (χ0n) is 12.1. The third-order valence-electron chi connectivity index (χ3n) is 3.22. The SMILES string of the molecule is CC(CC(O)c1ccccc1)NS(=O)(=O)c1cccc(F)c1. The molecule has 0 aliphatic rings. The van der Waals surface area contributed by atoms with Crippen LogP contribution in [-0.4, -0.2) is 19.6 Å². The highest BCUT2D eigenvalue weighted by Gasteiger charge is 2.20. The molecule has 0 saturated heterocycles. The van der Waals surface area contributed by atoms with Gasteiger partial charge in [-0.25, -0.2) is 17.5 Å². The Labute approximate surface area is 129 Å². The fourth-order valence-electron chi connectivity index (χ4n) is 2.16. The summed E-state index contributed by atoms with van der Waals surface area (Å²) in [5, 5.41) is 10.1. The van der Waals surface area contributed by atoms with Crippen LogP contribution in [0.5, 0.6) is 0 Å². The van der Waals surface area contributed by atoms with E-state index in [-0.39, 0.29) is 11.3 Å². The van der Waals surface area contributed by atoms with Crippen LogP contribution >= 0.6 is 0 Å². The fourth-order valence-corrected chi connectivity index (χ4v) is 3.45. The van der Waals surface area contributed by atoms with E-state index in [0.29, 0.717) is 0 Å². The minimum absolute atomic E-state index is 0.131. The van der Waals surface area contributed by atoms with Crippen molar-refractivity contribution in [3.8, 4) is 0 Å². The Hall–Kier alpha value is -1.76. The molecule has 118 valence electrons. The summed E-state index contributed by atoms with van der Waals surface area (Å²) in [5.74, 6) is -0.611. The van der Waals surface area contributed by atoms with Gasteiger partial charge in [0.05, 0.1) is 11.0 Å². The first-order chi connectivity index (χ1) is 10.4. The molecule has 2 N–H and O–H groups in total. The van der Waals surface area contributed by atoms with Crippen molar-refractivity contribution >= 4 is 10.0 Å². The molecule has 2 aromatic rings. The van der Waals surface area contributed by atoms with Crippen molar-refractivity contribution < 1.29 is 17.9 Å². The van der Waals surface area contributed by atoms with Crippen LogP contribution in [0.25, 0.3) is 0 Å². The van der Waals surface area contributed by atoms with Gasteiger partial charge in [-0.15, -0.1) is 0 Å². The molecular weight excluding hydrogens is 305 g/mol. The topological polar surface area (TPSA) is 66.4 Å². The summed E-state index contributed by atoms with van der Waals surface area (Å²) in [4.78, 5) is -0.131. The number of halogens is 1. The molecule has 2 aromatic carbocycles. The Balaban J connectivity index is 2.03. The first-order valence-electron chi connectivity index (χ1n) is 6.89. The number of hydrogen-bond acceptors (Lipinski definition) is 3. The summed E-state index contributed by atoms with van der Waals surface area (Å²) in [6.45, 7) is 1.66. The lowest BCUT2D eigenvalue weighted by atomic mass is 10.0. The Morgan fingerprint density at radius 2 is 1.82 bits per heavy atom. The van der Waals surface area contributed by atoms with E-state index in [9.17, 15) is 17.9 Å². The minimum Gasteiger partial charge on any atom is -0.388 e. The first kappa shape index (κ1) is 16.6. The van der Waals surface area contributed by atoms with Crippen molar-refractivity contribution in [2.75, 3.05) is 0 Å². The van der Waals surface area contributed by atoms with Gasteiger partial charge in [-0.05, 0) is 37.1 Å². The second kappa shape index (κ2) is 7.00. The Morgan fingerprint density at radius 3 is 2.45 bits per heavy atom. The average molecular weight is 323 g/mol. The molecule has 2 atom stereocenters. The van der Waals surface area contributed by atoms with Gasteiger partial charge in [0.2, 0.25) is 10.0 Å². The third-order valence-corrected chi connectivity index (χ3v) is 4.81. The number of nitrogens with one attached hydrogen (secondary N) is 1.